The Hall–Kier alpha value is -3.39. The summed E-state index contributed by atoms with van der Waals surface area (Å²) in [6.07, 6.45) is 3.90. The average Bonchev–Trinajstić information content (AvgIpc) is 2.85. The number of nitrogens with zero attached hydrogens (tertiary/aromatic N) is 2. The van der Waals surface area contributed by atoms with E-state index in [4.69, 9.17) is 16.3 Å². The molecule has 36 heavy (non-hydrogen) atoms. The zero-order valence-electron chi connectivity index (χ0n) is 19.1. The summed E-state index contributed by atoms with van der Waals surface area (Å²) in [6, 6.07) is 13.0. The SMILES string of the molecule is O=C(NC1CC2CCC1C/C2=C\c1cccc(Oc2ccc(C(F)(F)F)cn2)c1)c1ccc(Cl)nc1. The minimum absolute atomic E-state index is 0.0963. The van der Waals surface area contributed by atoms with Crippen molar-refractivity contribution in [2.45, 2.75) is 37.9 Å². The van der Waals surface area contributed by atoms with Gasteiger partial charge in [0.05, 0.1) is 11.1 Å². The second-order valence-electron chi connectivity index (χ2n) is 9.20. The number of carbonyl (C=O) groups is 1. The summed E-state index contributed by atoms with van der Waals surface area (Å²) < 4.78 is 43.9. The molecule has 0 radical (unpaired) electrons. The van der Waals surface area contributed by atoms with Gasteiger partial charge >= 0.3 is 6.18 Å². The first-order valence-corrected chi connectivity index (χ1v) is 12.1. The predicted octanol–water partition coefficient (Wildman–Crippen LogP) is 6.94. The molecule has 3 aliphatic rings. The number of allylic oxidation sites excluding steroid dienone is 1. The van der Waals surface area contributed by atoms with Crippen molar-refractivity contribution in [2.24, 2.45) is 11.8 Å². The number of pyridine rings is 2. The van der Waals surface area contributed by atoms with Crippen LogP contribution in [0.15, 0.2) is 66.5 Å². The molecule has 3 atom stereocenters. The zero-order valence-corrected chi connectivity index (χ0v) is 19.9. The number of fused-ring (bicyclic) bond motifs is 3. The van der Waals surface area contributed by atoms with Gasteiger partial charge in [0.1, 0.15) is 10.9 Å². The topological polar surface area (TPSA) is 64.1 Å². The average molecular weight is 514 g/mol. The number of hydrogen-bond acceptors (Lipinski definition) is 4. The molecule has 9 heteroatoms. The van der Waals surface area contributed by atoms with E-state index >= 15 is 0 Å². The molecule has 0 aliphatic heterocycles. The Morgan fingerprint density at radius 1 is 1.08 bits per heavy atom. The molecular weight excluding hydrogens is 491 g/mol. The molecule has 0 saturated heterocycles. The molecule has 2 aromatic heterocycles. The van der Waals surface area contributed by atoms with E-state index in [1.807, 2.05) is 18.2 Å². The number of hydrogen-bond donors (Lipinski definition) is 1. The van der Waals surface area contributed by atoms with Crippen molar-refractivity contribution in [3.8, 4) is 11.6 Å². The maximum Gasteiger partial charge on any atom is 0.417 e. The molecule has 3 fully saturated rings. The van der Waals surface area contributed by atoms with Gasteiger partial charge in [0.15, 0.2) is 0 Å². The number of aromatic nitrogens is 2. The maximum absolute atomic E-state index is 12.7. The molecule has 3 unspecified atom stereocenters. The van der Waals surface area contributed by atoms with E-state index in [0.717, 1.165) is 43.5 Å². The van der Waals surface area contributed by atoms with Gasteiger partial charge in [0.2, 0.25) is 5.88 Å². The van der Waals surface area contributed by atoms with Crippen molar-refractivity contribution in [3.63, 3.8) is 0 Å². The van der Waals surface area contributed by atoms with E-state index in [0.29, 0.717) is 28.3 Å². The van der Waals surface area contributed by atoms with Gasteiger partial charge in [-0.2, -0.15) is 13.2 Å². The van der Waals surface area contributed by atoms with Gasteiger partial charge in [0, 0.05) is 24.5 Å². The van der Waals surface area contributed by atoms with Gasteiger partial charge in [-0.3, -0.25) is 4.79 Å². The van der Waals surface area contributed by atoms with Crippen LogP contribution in [0.25, 0.3) is 6.08 Å². The van der Waals surface area contributed by atoms with Crippen LogP contribution in [0.3, 0.4) is 0 Å². The molecule has 1 amide bonds. The Morgan fingerprint density at radius 2 is 1.94 bits per heavy atom. The summed E-state index contributed by atoms with van der Waals surface area (Å²) in [4.78, 5) is 20.4. The van der Waals surface area contributed by atoms with Crippen LogP contribution >= 0.6 is 11.6 Å². The lowest BCUT2D eigenvalue weighted by atomic mass is 9.65. The van der Waals surface area contributed by atoms with Crippen LogP contribution in [0.4, 0.5) is 13.2 Å². The highest BCUT2D eigenvalue weighted by Crippen LogP contribution is 2.45. The standard InChI is InChI=1S/C27H23ClF3N3O2/c28-24-8-6-19(14-32-24)26(35)34-23-13-17-4-5-18(23)12-20(17)10-16-2-1-3-22(11-16)36-25-9-7-21(15-33-25)27(29,30)31/h1-3,6-11,14-15,17-18,23H,4-5,12-13H2,(H,34,35)/b20-10+. The summed E-state index contributed by atoms with van der Waals surface area (Å²) in [5.74, 6) is 1.20. The monoisotopic (exact) mass is 513 g/mol. The summed E-state index contributed by atoms with van der Waals surface area (Å²) in [6.45, 7) is 0. The third-order valence-corrected chi connectivity index (χ3v) is 7.04. The van der Waals surface area contributed by atoms with Crippen molar-refractivity contribution < 1.29 is 22.7 Å². The third-order valence-electron chi connectivity index (χ3n) is 6.82. The number of carbonyl (C=O) groups excluding carboxylic acids is 1. The highest BCUT2D eigenvalue weighted by Gasteiger charge is 2.39. The fourth-order valence-electron chi connectivity index (χ4n) is 5.01. The Labute approximate surface area is 211 Å². The van der Waals surface area contributed by atoms with Crippen molar-refractivity contribution in [3.05, 3.63) is 88.3 Å². The van der Waals surface area contributed by atoms with Gasteiger partial charge in [-0.05, 0) is 73.4 Å². The van der Waals surface area contributed by atoms with E-state index in [-0.39, 0.29) is 17.8 Å². The summed E-state index contributed by atoms with van der Waals surface area (Å²) in [7, 11) is 0. The number of halogens is 4. The molecule has 1 N–H and O–H groups in total. The lowest BCUT2D eigenvalue weighted by molar-refractivity contribution is -0.137. The molecule has 3 saturated carbocycles. The first-order valence-electron chi connectivity index (χ1n) is 11.7. The van der Waals surface area contributed by atoms with E-state index in [1.165, 1.54) is 17.8 Å². The third kappa shape index (κ3) is 5.54. The maximum atomic E-state index is 12.7. The summed E-state index contributed by atoms with van der Waals surface area (Å²) in [5.41, 5.74) is 1.97. The Balaban J connectivity index is 1.24. The lowest BCUT2D eigenvalue weighted by Gasteiger charge is -2.44. The van der Waals surface area contributed by atoms with Gasteiger partial charge < -0.3 is 10.1 Å². The van der Waals surface area contributed by atoms with Crippen LogP contribution < -0.4 is 10.1 Å². The molecule has 3 aliphatic carbocycles. The highest BCUT2D eigenvalue weighted by molar-refractivity contribution is 6.29. The van der Waals surface area contributed by atoms with Crippen LogP contribution in [0.5, 0.6) is 11.6 Å². The molecule has 5 nitrogen and oxygen atoms in total. The minimum atomic E-state index is -4.44. The van der Waals surface area contributed by atoms with E-state index in [1.54, 1.807) is 18.2 Å². The quantitative estimate of drug-likeness (QED) is 0.375. The Bertz CT molecular complexity index is 1280. The fraction of sp³-hybridized carbons (Fsp3) is 0.296. The zero-order chi connectivity index (χ0) is 25.3. The summed E-state index contributed by atoms with van der Waals surface area (Å²) in [5, 5.41) is 3.52. The number of benzene rings is 1. The molecule has 3 aromatic rings. The first kappa shape index (κ1) is 24.3. The van der Waals surface area contributed by atoms with Gasteiger partial charge in [-0.15, -0.1) is 0 Å². The first-order chi connectivity index (χ1) is 17.2. The molecule has 1 aromatic carbocycles. The van der Waals surface area contributed by atoms with E-state index in [2.05, 4.69) is 21.4 Å². The Kier molecular flexibility index (Phi) is 6.71. The van der Waals surface area contributed by atoms with E-state index in [9.17, 15) is 18.0 Å². The fourth-order valence-corrected chi connectivity index (χ4v) is 5.12. The molecular formula is C27H23ClF3N3O2. The van der Waals surface area contributed by atoms with Crippen molar-refractivity contribution in [1.82, 2.24) is 15.3 Å². The normalized spacial score (nSPS) is 22.4. The molecule has 0 spiro atoms. The molecule has 2 heterocycles. The van der Waals surface area contributed by atoms with Crippen LogP contribution in [0, 0.1) is 11.8 Å². The minimum Gasteiger partial charge on any atom is -0.439 e. The second-order valence-corrected chi connectivity index (χ2v) is 9.59. The number of amides is 1. The van der Waals surface area contributed by atoms with Crippen LogP contribution in [-0.4, -0.2) is 21.9 Å². The smallest absolute Gasteiger partial charge is 0.417 e. The van der Waals surface area contributed by atoms with E-state index < -0.39 is 11.7 Å². The number of alkyl halides is 3. The second kappa shape index (κ2) is 9.93. The van der Waals surface area contributed by atoms with Gasteiger partial charge in [-0.1, -0.05) is 35.4 Å². The van der Waals surface area contributed by atoms with Crippen LogP contribution in [0.1, 0.15) is 47.2 Å². The molecule has 2 bridgehead atoms. The number of rotatable bonds is 5. The van der Waals surface area contributed by atoms with Crippen molar-refractivity contribution in [1.29, 1.82) is 0 Å². The predicted molar refractivity (Wildman–Crippen MR) is 130 cm³/mol. The largest absolute Gasteiger partial charge is 0.439 e. The number of ether oxygens (including phenoxy) is 1. The van der Waals surface area contributed by atoms with Gasteiger partial charge in [-0.25, -0.2) is 9.97 Å². The Morgan fingerprint density at radius 3 is 2.61 bits per heavy atom. The number of nitrogens with one attached hydrogen (secondary N) is 1. The summed E-state index contributed by atoms with van der Waals surface area (Å²) >= 11 is 5.82. The van der Waals surface area contributed by atoms with Crippen LogP contribution in [0.2, 0.25) is 5.15 Å². The molecule has 186 valence electrons. The lowest BCUT2D eigenvalue weighted by Crippen LogP contribution is -2.47. The molecule has 6 rings (SSSR count). The van der Waals surface area contributed by atoms with Crippen molar-refractivity contribution in [2.75, 3.05) is 0 Å². The highest BCUT2D eigenvalue weighted by atomic mass is 35.5. The van der Waals surface area contributed by atoms with Crippen LogP contribution in [-0.2, 0) is 6.18 Å². The van der Waals surface area contributed by atoms with Gasteiger partial charge in [0.25, 0.3) is 5.91 Å². The van der Waals surface area contributed by atoms with Crippen molar-refractivity contribution >= 4 is 23.6 Å².